The molecule has 3 heterocycles. The minimum atomic E-state index is -0.692. The van der Waals surface area contributed by atoms with Crippen LogP contribution < -0.4 is 15.6 Å². The van der Waals surface area contributed by atoms with Crippen LogP contribution in [0.15, 0.2) is 33.7 Å². The van der Waals surface area contributed by atoms with Crippen molar-refractivity contribution in [1.82, 2.24) is 9.55 Å². The summed E-state index contributed by atoms with van der Waals surface area (Å²) >= 11 is 0. The largest absolute Gasteiger partial charge is 0.482 e. The molecular weight excluding hydrogens is 394 g/mol. The number of esters is 1. The Balaban J connectivity index is 1.68. The number of hydrogen-bond acceptors (Lipinski definition) is 8. The van der Waals surface area contributed by atoms with Gasteiger partial charge in [0.05, 0.1) is 18.8 Å². The van der Waals surface area contributed by atoms with Gasteiger partial charge >= 0.3 is 5.97 Å². The normalized spacial score (nSPS) is 12.8. The van der Waals surface area contributed by atoms with Gasteiger partial charge in [-0.15, -0.1) is 0 Å². The van der Waals surface area contributed by atoms with Crippen molar-refractivity contribution in [3.8, 4) is 5.75 Å². The van der Waals surface area contributed by atoms with Gasteiger partial charge in [0.25, 0.3) is 11.5 Å². The monoisotopic (exact) mass is 411 g/mol. The summed E-state index contributed by atoms with van der Waals surface area (Å²) in [5.41, 5.74) is 0.0640. The Bertz CT molecular complexity index is 1260. The van der Waals surface area contributed by atoms with E-state index in [-0.39, 0.29) is 53.7 Å². The molecule has 0 bridgehead atoms. The number of rotatable bonds is 5. The number of nitrogens with zero attached hydrogens (tertiary/aromatic N) is 2. The molecule has 0 aliphatic carbocycles. The van der Waals surface area contributed by atoms with E-state index in [1.165, 1.54) is 19.3 Å². The van der Waals surface area contributed by atoms with Crippen molar-refractivity contribution in [2.24, 2.45) is 0 Å². The lowest BCUT2D eigenvalue weighted by atomic mass is 10.1. The minimum absolute atomic E-state index is 0.000194. The Hall–Kier alpha value is -3.95. The molecule has 0 unspecified atom stereocenters. The van der Waals surface area contributed by atoms with Gasteiger partial charge in [0, 0.05) is 5.56 Å². The number of furan rings is 1. The van der Waals surface area contributed by atoms with E-state index in [0.717, 1.165) is 4.57 Å². The lowest BCUT2D eigenvalue weighted by Crippen LogP contribution is -2.27. The van der Waals surface area contributed by atoms with Gasteiger partial charge in [-0.3, -0.25) is 19.0 Å². The molecule has 1 amide bonds. The summed E-state index contributed by atoms with van der Waals surface area (Å²) in [5.74, 6) is -0.734. The van der Waals surface area contributed by atoms with Crippen molar-refractivity contribution in [2.75, 3.05) is 18.5 Å². The highest BCUT2D eigenvalue weighted by atomic mass is 16.5. The van der Waals surface area contributed by atoms with Crippen LogP contribution in [-0.2, 0) is 16.1 Å². The van der Waals surface area contributed by atoms with E-state index in [2.05, 4.69) is 10.3 Å². The zero-order chi connectivity index (χ0) is 21.4. The third-order valence-electron chi connectivity index (χ3n) is 4.58. The van der Waals surface area contributed by atoms with E-state index in [9.17, 15) is 19.2 Å². The first-order chi connectivity index (χ1) is 14.4. The topological polar surface area (TPSA) is 130 Å². The summed E-state index contributed by atoms with van der Waals surface area (Å²) in [5, 5.41) is 2.59. The van der Waals surface area contributed by atoms with Gasteiger partial charge in [-0.1, -0.05) is 0 Å². The average Bonchev–Trinajstić information content (AvgIpc) is 3.06. The highest BCUT2D eigenvalue weighted by Crippen LogP contribution is 2.28. The first-order valence-corrected chi connectivity index (χ1v) is 9.14. The van der Waals surface area contributed by atoms with Crippen LogP contribution >= 0.6 is 0 Å². The number of aromatic nitrogens is 2. The molecule has 0 radical (unpaired) electrons. The third-order valence-corrected chi connectivity index (χ3v) is 4.58. The lowest BCUT2D eigenvalue weighted by molar-refractivity contribution is -0.118. The van der Waals surface area contributed by atoms with Crippen molar-refractivity contribution in [3.63, 3.8) is 0 Å². The molecule has 3 aromatic rings. The summed E-state index contributed by atoms with van der Waals surface area (Å²) in [7, 11) is 0. The summed E-state index contributed by atoms with van der Waals surface area (Å²) in [6.45, 7) is 2.91. The molecule has 10 heteroatoms. The molecule has 30 heavy (non-hydrogen) atoms. The molecule has 154 valence electrons. The second kappa shape index (κ2) is 7.47. The van der Waals surface area contributed by atoms with E-state index in [1.807, 2.05) is 0 Å². The Morgan fingerprint density at radius 1 is 1.30 bits per heavy atom. The number of hydrogen-bond donors (Lipinski definition) is 1. The van der Waals surface area contributed by atoms with E-state index in [0.29, 0.717) is 11.4 Å². The fourth-order valence-electron chi connectivity index (χ4n) is 3.20. The van der Waals surface area contributed by atoms with Crippen LogP contribution in [0.1, 0.15) is 33.4 Å². The molecule has 0 atom stereocenters. The Labute approximate surface area is 169 Å². The second-order valence-corrected chi connectivity index (χ2v) is 6.58. The first kappa shape index (κ1) is 19.4. The first-order valence-electron chi connectivity index (χ1n) is 9.14. The molecule has 1 aliphatic rings. The predicted molar refractivity (Wildman–Crippen MR) is 104 cm³/mol. The van der Waals surface area contributed by atoms with Crippen molar-refractivity contribution >= 4 is 34.4 Å². The van der Waals surface area contributed by atoms with E-state index < -0.39 is 17.3 Å². The Morgan fingerprint density at radius 3 is 2.87 bits per heavy atom. The zero-order valence-electron chi connectivity index (χ0n) is 16.2. The van der Waals surface area contributed by atoms with Crippen LogP contribution in [0.25, 0.3) is 11.1 Å². The molecule has 1 N–H and O–H groups in total. The fourth-order valence-corrected chi connectivity index (χ4v) is 3.20. The Morgan fingerprint density at radius 2 is 2.10 bits per heavy atom. The van der Waals surface area contributed by atoms with Gasteiger partial charge < -0.3 is 19.2 Å². The molecule has 4 rings (SSSR count). The number of benzene rings is 1. The SMILES string of the molecule is CCOC(=O)c1c(C)oc2ncn(CC(=O)c3ccc4c(c3)NC(=O)CO4)c(=O)c12. The number of aryl methyl sites for hydroxylation is 1. The fraction of sp³-hybridized carbons (Fsp3) is 0.250. The van der Waals surface area contributed by atoms with Crippen LogP contribution in [0.5, 0.6) is 5.75 Å². The number of ether oxygens (including phenoxy) is 2. The predicted octanol–water partition coefficient (Wildman–Crippen LogP) is 1.69. The number of amides is 1. The van der Waals surface area contributed by atoms with Crippen molar-refractivity contribution < 1.29 is 28.3 Å². The van der Waals surface area contributed by atoms with Gasteiger partial charge in [-0.05, 0) is 32.0 Å². The molecule has 0 saturated heterocycles. The summed E-state index contributed by atoms with van der Waals surface area (Å²) in [6.07, 6.45) is 1.18. The van der Waals surface area contributed by atoms with Gasteiger partial charge in [0.15, 0.2) is 12.4 Å². The molecule has 1 aromatic carbocycles. The van der Waals surface area contributed by atoms with Gasteiger partial charge in [0.1, 0.15) is 28.8 Å². The standard InChI is InChI=1S/C20H17N3O7/c1-3-28-20(27)16-10(2)30-18-17(16)19(26)23(9-21-18)7-13(24)11-4-5-14-12(6-11)22-15(25)8-29-14/h4-6,9H,3,7-8H2,1-2H3,(H,22,25). The van der Waals surface area contributed by atoms with Crippen LogP contribution in [0.4, 0.5) is 5.69 Å². The van der Waals surface area contributed by atoms with Crippen molar-refractivity contribution in [2.45, 2.75) is 20.4 Å². The molecule has 1 aliphatic heterocycles. The number of carbonyl (C=O) groups is 3. The Kier molecular flexibility index (Phi) is 4.82. The summed E-state index contributed by atoms with van der Waals surface area (Å²) in [4.78, 5) is 53.5. The maximum absolute atomic E-state index is 12.9. The molecule has 0 spiro atoms. The zero-order valence-corrected chi connectivity index (χ0v) is 16.2. The quantitative estimate of drug-likeness (QED) is 0.496. The minimum Gasteiger partial charge on any atom is -0.482 e. The number of nitrogens with one attached hydrogen (secondary N) is 1. The maximum atomic E-state index is 12.9. The van der Waals surface area contributed by atoms with Crippen molar-refractivity contribution in [1.29, 1.82) is 0 Å². The van der Waals surface area contributed by atoms with Gasteiger partial charge in [-0.25, -0.2) is 9.78 Å². The maximum Gasteiger partial charge on any atom is 0.342 e. The molecule has 2 aromatic heterocycles. The van der Waals surface area contributed by atoms with Crippen LogP contribution in [-0.4, -0.2) is 40.4 Å². The van der Waals surface area contributed by atoms with E-state index in [4.69, 9.17) is 13.9 Å². The van der Waals surface area contributed by atoms with Crippen LogP contribution in [0.2, 0.25) is 0 Å². The highest BCUT2D eigenvalue weighted by molar-refractivity contribution is 6.03. The van der Waals surface area contributed by atoms with E-state index >= 15 is 0 Å². The number of Topliss-reactive ketones (excluding diaryl/α,β-unsaturated/α-hetero) is 1. The molecule has 0 fully saturated rings. The van der Waals surface area contributed by atoms with Crippen LogP contribution in [0, 0.1) is 6.92 Å². The number of anilines is 1. The number of fused-ring (bicyclic) bond motifs is 2. The van der Waals surface area contributed by atoms with Gasteiger partial charge in [0.2, 0.25) is 5.71 Å². The lowest BCUT2D eigenvalue weighted by Gasteiger charge is -2.18. The highest BCUT2D eigenvalue weighted by Gasteiger charge is 2.24. The molecule has 10 nitrogen and oxygen atoms in total. The average molecular weight is 411 g/mol. The van der Waals surface area contributed by atoms with Gasteiger partial charge in [-0.2, -0.15) is 0 Å². The summed E-state index contributed by atoms with van der Waals surface area (Å²) in [6, 6.07) is 4.60. The number of carbonyl (C=O) groups excluding carboxylic acids is 3. The van der Waals surface area contributed by atoms with E-state index in [1.54, 1.807) is 19.1 Å². The molecular formula is C20H17N3O7. The second-order valence-electron chi connectivity index (χ2n) is 6.58. The third kappa shape index (κ3) is 3.32. The smallest absolute Gasteiger partial charge is 0.342 e. The number of ketones is 1. The summed E-state index contributed by atoms with van der Waals surface area (Å²) < 4.78 is 16.8. The van der Waals surface area contributed by atoms with Crippen molar-refractivity contribution in [3.05, 3.63) is 51.8 Å². The van der Waals surface area contributed by atoms with Crippen LogP contribution in [0.3, 0.4) is 0 Å². The molecule has 0 saturated carbocycles.